The van der Waals surface area contributed by atoms with Crippen molar-refractivity contribution in [3.63, 3.8) is 0 Å². The van der Waals surface area contributed by atoms with Crippen molar-refractivity contribution < 1.29 is 22.4 Å². The Bertz CT molecular complexity index is 1150. The summed E-state index contributed by atoms with van der Waals surface area (Å²) < 4.78 is 55.0. The molecule has 0 aliphatic heterocycles. The van der Waals surface area contributed by atoms with Gasteiger partial charge in [-0.3, -0.25) is 4.79 Å². The third kappa shape index (κ3) is 4.35. The van der Waals surface area contributed by atoms with Gasteiger partial charge in [0.25, 0.3) is 5.91 Å². The Labute approximate surface area is 170 Å². The van der Waals surface area contributed by atoms with Gasteiger partial charge < -0.3 is 4.57 Å². The summed E-state index contributed by atoms with van der Waals surface area (Å²) in [5, 5.41) is 0. The van der Waals surface area contributed by atoms with Gasteiger partial charge in [0.2, 0.25) is 0 Å². The molecule has 1 fully saturated rings. The number of hydrogen-bond acceptors (Lipinski definition) is 1. The molecule has 3 aromatic rings. The van der Waals surface area contributed by atoms with Gasteiger partial charge in [0.05, 0.1) is 11.1 Å². The predicted molar refractivity (Wildman–Crippen MR) is 104 cm³/mol. The Morgan fingerprint density at radius 3 is 2.37 bits per heavy atom. The number of halogens is 4. The van der Waals surface area contributed by atoms with Crippen LogP contribution in [0.1, 0.15) is 28.8 Å². The van der Waals surface area contributed by atoms with Crippen molar-refractivity contribution in [3.8, 4) is 11.1 Å². The maximum Gasteiger partial charge on any atom is 0.419 e. The molecule has 0 N–H and O–H groups in total. The molecule has 1 aromatic heterocycles. The summed E-state index contributed by atoms with van der Waals surface area (Å²) in [5.41, 5.74) is 0.0175. The monoisotopic (exact) mass is 414 g/mol. The molecule has 154 valence electrons. The van der Waals surface area contributed by atoms with Crippen molar-refractivity contribution in [1.82, 2.24) is 4.57 Å². The Hall–Kier alpha value is -3.22. The van der Waals surface area contributed by atoms with Crippen molar-refractivity contribution in [1.29, 1.82) is 0 Å². The number of nitrogens with zero attached hydrogens (tertiary/aromatic N) is 2. The van der Waals surface area contributed by atoms with Crippen LogP contribution in [0.25, 0.3) is 11.1 Å². The van der Waals surface area contributed by atoms with E-state index in [2.05, 4.69) is 4.99 Å². The normalized spacial score (nSPS) is 14.7. The SMILES string of the molecule is O=C(N=c1ccc(-c2ccccc2)cn1CC1CC1)c1cccc(C(F)(F)F)c1F. The molecule has 7 heteroatoms. The van der Waals surface area contributed by atoms with Crippen LogP contribution in [-0.4, -0.2) is 10.5 Å². The second-order valence-corrected chi connectivity index (χ2v) is 7.32. The van der Waals surface area contributed by atoms with Gasteiger partial charge in [0.1, 0.15) is 11.3 Å². The lowest BCUT2D eigenvalue weighted by atomic mass is 10.1. The molecule has 1 amide bonds. The molecule has 1 saturated carbocycles. The Morgan fingerprint density at radius 1 is 0.967 bits per heavy atom. The molecule has 1 aliphatic rings. The summed E-state index contributed by atoms with van der Waals surface area (Å²) in [7, 11) is 0. The van der Waals surface area contributed by atoms with Crippen LogP contribution < -0.4 is 5.49 Å². The molecule has 0 bridgehead atoms. The van der Waals surface area contributed by atoms with E-state index >= 15 is 0 Å². The zero-order chi connectivity index (χ0) is 21.3. The van der Waals surface area contributed by atoms with Crippen LogP contribution in [0.3, 0.4) is 0 Å². The summed E-state index contributed by atoms with van der Waals surface area (Å²) in [6.45, 7) is 0.637. The number of carbonyl (C=O) groups excluding carboxylic acids is 1. The van der Waals surface area contributed by atoms with Gasteiger partial charge in [0, 0.05) is 12.7 Å². The van der Waals surface area contributed by atoms with Gasteiger partial charge >= 0.3 is 6.18 Å². The number of alkyl halides is 3. The molecule has 2 aromatic carbocycles. The number of benzene rings is 2. The van der Waals surface area contributed by atoms with E-state index in [9.17, 15) is 22.4 Å². The fourth-order valence-electron chi connectivity index (χ4n) is 3.25. The van der Waals surface area contributed by atoms with Gasteiger partial charge in [-0.15, -0.1) is 0 Å². The number of carbonyl (C=O) groups is 1. The van der Waals surface area contributed by atoms with E-state index in [0.717, 1.165) is 36.1 Å². The van der Waals surface area contributed by atoms with E-state index in [1.54, 1.807) is 12.1 Å². The molecular formula is C23H18F4N2O. The van der Waals surface area contributed by atoms with Crippen LogP contribution in [-0.2, 0) is 12.7 Å². The standard InChI is InChI=1S/C23H18F4N2O/c24-21-18(7-4-8-19(21)23(25,26)27)22(30)28-20-12-11-17(16-5-2-1-3-6-16)14-29(20)13-15-9-10-15/h1-8,11-12,14-15H,9-10,13H2. The topological polar surface area (TPSA) is 34.4 Å². The molecule has 0 unspecified atom stereocenters. The third-order valence-electron chi connectivity index (χ3n) is 5.01. The highest BCUT2D eigenvalue weighted by atomic mass is 19.4. The molecule has 3 nitrogen and oxygen atoms in total. The minimum atomic E-state index is -4.89. The van der Waals surface area contributed by atoms with Gasteiger partial charge in [-0.1, -0.05) is 36.4 Å². The summed E-state index contributed by atoms with van der Waals surface area (Å²) in [6, 6.07) is 15.7. The largest absolute Gasteiger partial charge is 0.419 e. The Kier molecular flexibility index (Phi) is 5.28. The number of rotatable bonds is 4. The minimum Gasteiger partial charge on any atom is -0.332 e. The smallest absolute Gasteiger partial charge is 0.332 e. The first kappa shape index (κ1) is 20.1. The molecule has 0 saturated heterocycles. The minimum absolute atomic E-state index is 0.281. The number of amides is 1. The van der Waals surface area contributed by atoms with E-state index in [1.165, 1.54) is 0 Å². The van der Waals surface area contributed by atoms with E-state index in [4.69, 9.17) is 0 Å². The molecule has 0 atom stereocenters. The summed E-state index contributed by atoms with van der Waals surface area (Å²) in [6.07, 6.45) is -0.887. The first-order valence-electron chi connectivity index (χ1n) is 9.53. The molecule has 30 heavy (non-hydrogen) atoms. The van der Waals surface area contributed by atoms with Crippen molar-refractivity contribution in [2.45, 2.75) is 25.6 Å². The average molecular weight is 414 g/mol. The average Bonchev–Trinajstić information content (AvgIpc) is 3.53. The second kappa shape index (κ2) is 7.89. The zero-order valence-corrected chi connectivity index (χ0v) is 15.9. The van der Waals surface area contributed by atoms with Crippen LogP contribution in [0.15, 0.2) is 71.9 Å². The van der Waals surface area contributed by atoms with Crippen molar-refractivity contribution >= 4 is 5.91 Å². The molecule has 4 rings (SSSR count). The van der Waals surface area contributed by atoms with Crippen LogP contribution in [0.4, 0.5) is 17.6 Å². The highest BCUT2D eigenvalue weighted by Gasteiger charge is 2.35. The number of hydrogen-bond donors (Lipinski definition) is 0. The first-order valence-corrected chi connectivity index (χ1v) is 9.53. The van der Waals surface area contributed by atoms with Gasteiger partial charge in [-0.2, -0.15) is 18.2 Å². The maximum atomic E-state index is 14.3. The second-order valence-electron chi connectivity index (χ2n) is 7.32. The summed E-state index contributed by atoms with van der Waals surface area (Å²) in [5.74, 6) is -2.18. The lowest BCUT2D eigenvalue weighted by molar-refractivity contribution is -0.140. The zero-order valence-electron chi connectivity index (χ0n) is 15.9. The molecule has 1 aliphatic carbocycles. The lowest BCUT2D eigenvalue weighted by Crippen LogP contribution is -2.23. The van der Waals surface area contributed by atoms with Gasteiger partial charge in [-0.25, -0.2) is 4.39 Å². The van der Waals surface area contributed by atoms with E-state index in [0.29, 0.717) is 18.5 Å². The van der Waals surface area contributed by atoms with Crippen LogP contribution in [0, 0.1) is 11.7 Å². The number of aromatic nitrogens is 1. The van der Waals surface area contributed by atoms with Crippen molar-refractivity contribution in [2.24, 2.45) is 10.9 Å². The van der Waals surface area contributed by atoms with Gasteiger partial charge in [-0.05, 0) is 54.2 Å². The van der Waals surface area contributed by atoms with E-state index in [-0.39, 0.29) is 5.49 Å². The van der Waals surface area contributed by atoms with Crippen LogP contribution in [0.2, 0.25) is 0 Å². The van der Waals surface area contributed by atoms with Crippen LogP contribution in [0.5, 0.6) is 0 Å². The Balaban J connectivity index is 1.75. The first-order chi connectivity index (χ1) is 14.3. The highest BCUT2D eigenvalue weighted by Crippen LogP contribution is 2.33. The van der Waals surface area contributed by atoms with E-state index in [1.807, 2.05) is 41.1 Å². The molecule has 0 spiro atoms. The lowest BCUT2D eigenvalue weighted by Gasteiger charge is -2.11. The van der Waals surface area contributed by atoms with Crippen LogP contribution >= 0.6 is 0 Å². The molecule has 1 heterocycles. The fraction of sp³-hybridized carbons (Fsp3) is 0.217. The summed E-state index contributed by atoms with van der Waals surface area (Å²) in [4.78, 5) is 16.5. The molecular weight excluding hydrogens is 396 g/mol. The molecule has 0 radical (unpaired) electrons. The predicted octanol–water partition coefficient (Wildman–Crippen LogP) is 5.46. The Morgan fingerprint density at radius 2 is 1.70 bits per heavy atom. The van der Waals surface area contributed by atoms with Crippen molar-refractivity contribution in [3.05, 3.63) is 89.3 Å². The van der Waals surface area contributed by atoms with E-state index < -0.39 is 29.0 Å². The maximum absolute atomic E-state index is 14.3. The highest BCUT2D eigenvalue weighted by molar-refractivity contribution is 5.95. The number of pyridine rings is 1. The quantitative estimate of drug-likeness (QED) is 0.522. The third-order valence-corrected chi connectivity index (χ3v) is 5.01. The summed E-state index contributed by atoms with van der Waals surface area (Å²) >= 11 is 0. The van der Waals surface area contributed by atoms with Crippen molar-refractivity contribution in [2.75, 3.05) is 0 Å². The van der Waals surface area contributed by atoms with Gasteiger partial charge in [0.15, 0.2) is 0 Å². The fourth-order valence-corrected chi connectivity index (χ4v) is 3.25.